The standard InChI is InChI=1S/C25H25NO4/c1-28-18-25(27)26(16-19-11-12-23-24(15-19)30-14-13-29-23)17-21-9-5-6-10-22(21)20-7-3-2-4-8-20/h2-12,15H,13-14,16-18H2,1H3. The maximum atomic E-state index is 12.8. The van der Waals surface area contributed by atoms with Crippen LogP contribution < -0.4 is 9.47 Å². The fraction of sp³-hybridized carbons (Fsp3) is 0.240. The van der Waals surface area contributed by atoms with E-state index in [9.17, 15) is 4.79 Å². The molecule has 3 aromatic carbocycles. The topological polar surface area (TPSA) is 48.0 Å². The molecule has 30 heavy (non-hydrogen) atoms. The molecule has 0 saturated carbocycles. The lowest BCUT2D eigenvalue weighted by Crippen LogP contribution is -2.33. The first-order valence-corrected chi connectivity index (χ1v) is 10.0. The third kappa shape index (κ3) is 4.63. The van der Waals surface area contributed by atoms with E-state index in [1.54, 1.807) is 0 Å². The molecule has 0 unspecified atom stereocenters. The van der Waals surface area contributed by atoms with Gasteiger partial charge in [-0.05, 0) is 34.4 Å². The number of hydrogen-bond acceptors (Lipinski definition) is 4. The lowest BCUT2D eigenvalue weighted by atomic mass is 9.99. The molecule has 0 atom stereocenters. The Bertz CT molecular complexity index is 1000. The number of carbonyl (C=O) groups excluding carboxylic acids is 1. The number of carbonyl (C=O) groups is 1. The van der Waals surface area contributed by atoms with E-state index in [2.05, 4.69) is 24.3 Å². The zero-order valence-corrected chi connectivity index (χ0v) is 17.0. The van der Waals surface area contributed by atoms with Crippen molar-refractivity contribution < 1.29 is 19.0 Å². The summed E-state index contributed by atoms with van der Waals surface area (Å²) in [4.78, 5) is 14.6. The Balaban J connectivity index is 1.60. The first-order chi connectivity index (χ1) is 14.7. The van der Waals surface area contributed by atoms with Crippen LogP contribution in [0, 0.1) is 0 Å². The quantitative estimate of drug-likeness (QED) is 0.590. The fourth-order valence-electron chi connectivity index (χ4n) is 3.62. The zero-order valence-electron chi connectivity index (χ0n) is 17.0. The molecule has 1 amide bonds. The molecular weight excluding hydrogens is 378 g/mol. The van der Waals surface area contributed by atoms with Crippen LogP contribution in [0.1, 0.15) is 11.1 Å². The number of ether oxygens (including phenoxy) is 3. The Hall–Kier alpha value is -3.31. The summed E-state index contributed by atoms with van der Waals surface area (Å²) in [6.45, 7) is 2.08. The minimum absolute atomic E-state index is 0.0397. The normalized spacial score (nSPS) is 12.4. The first-order valence-electron chi connectivity index (χ1n) is 10.0. The molecule has 1 aliphatic heterocycles. The summed E-state index contributed by atoms with van der Waals surface area (Å²) < 4.78 is 16.4. The highest BCUT2D eigenvalue weighted by Crippen LogP contribution is 2.31. The fourth-order valence-corrected chi connectivity index (χ4v) is 3.62. The highest BCUT2D eigenvalue weighted by atomic mass is 16.6. The largest absolute Gasteiger partial charge is 0.486 e. The van der Waals surface area contributed by atoms with Gasteiger partial charge in [-0.3, -0.25) is 4.79 Å². The molecule has 5 heteroatoms. The van der Waals surface area contributed by atoms with Crippen LogP contribution in [-0.2, 0) is 22.6 Å². The van der Waals surface area contributed by atoms with E-state index in [1.165, 1.54) is 7.11 Å². The summed E-state index contributed by atoms with van der Waals surface area (Å²) in [6.07, 6.45) is 0. The van der Waals surface area contributed by atoms with Gasteiger partial charge >= 0.3 is 0 Å². The van der Waals surface area contributed by atoms with Crippen molar-refractivity contribution in [2.75, 3.05) is 26.9 Å². The van der Waals surface area contributed by atoms with Crippen molar-refractivity contribution in [1.29, 1.82) is 0 Å². The number of fused-ring (bicyclic) bond motifs is 1. The van der Waals surface area contributed by atoms with Gasteiger partial charge in [0.2, 0.25) is 5.91 Å². The first kappa shape index (κ1) is 20.0. The summed E-state index contributed by atoms with van der Waals surface area (Å²) in [6, 6.07) is 24.2. The van der Waals surface area contributed by atoms with Crippen LogP contribution in [0.3, 0.4) is 0 Å². The van der Waals surface area contributed by atoms with Crippen molar-refractivity contribution in [3.8, 4) is 22.6 Å². The van der Waals surface area contributed by atoms with Gasteiger partial charge in [-0.2, -0.15) is 0 Å². The van der Waals surface area contributed by atoms with Gasteiger partial charge in [-0.1, -0.05) is 60.7 Å². The molecule has 154 valence electrons. The average molecular weight is 403 g/mol. The number of hydrogen-bond donors (Lipinski definition) is 0. The van der Waals surface area contributed by atoms with E-state index in [-0.39, 0.29) is 12.5 Å². The van der Waals surface area contributed by atoms with E-state index in [0.29, 0.717) is 26.3 Å². The molecular formula is C25H25NO4. The zero-order chi connectivity index (χ0) is 20.8. The molecule has 5 nitrogen and oxygen atoms in total. The Kier molecular flexibility index (Phi) is 6.30. The molecule has 0 aliphatic carbocycles. The Morgan fingerprint density at radius 1 is 0.900 bits per heavy atom. The molecule has 0 radical (unpaired) electrons. The molecule has 0 aromatic heterocycles. The molecule has 0 N–H and O–H groups in total. The van der Waals surface area contributed by atoms with Crippen LogP contribution in [0.2, 0.25) is 0 Å². The molecule has 3 aromatic rings. The van der Waals surface area contributed by atoms with Crippen molar-refractivity contribution in [3.05, 3.63) is 83.9 Å². The second kappa shape index (κ2) is 9.46. The van der Waals surface area contributed by atoms with E-state index >= 15 is 0 Å². The van der Waals surface area contributed by atoms with Crippen molar-refractivity contribution in [2.24, 2.45) is 0 Å². The molecule has 1 aliphatic rings. The minimum atomic E-state index is -0.0600. The lowest BCUT2D eigenvalue weighted by molar-refractivity contribution is -0.136. The van der Waals surface area contributed by atoms with Gasteiger partial charge in [0.25, 0.3) is 0 Å². The summed E-state index contributed by atoms with van der Waals surface area (Å²) in [5, 5.41) is 0. The number of nitrogens with zero attached hydrogens (tertiary/aromatic N) is 1. The van der Waals surface area contributed by atoms with Crippen LogP contribution in [0.4, 0.5) is 0 Å². The van der Waals surface area contributed by atoms with Gasteiger partial charge in [0.05, 0.1) is 0 Å². The van der Waals surface area contributed by atoms with Crippen molar-refractivity contribution in [3.63, 3.8) is 0 Å². The molecule has 1 heterocycles. The highest BCUT2D eigenvalue weighted by Gasteiger charge is 2.18. The summed E-state index contributed by atoms with van der Waals surface area (Å²) in [7, 11) is 1.54. The molecule has 4 rings (SSSR count). The number of rotatable bonds is 7. The van der Waals surface area contributed by atoms with E-state index in [0.717, 1.165) is 33.8 Å². The second-order valence-electron chi connectivity index (χ2n) is 7.18. The van der Waals surface area contributed by atoms with Gasteiger partial charge < -0.3 is 19.1 Å². The second-order valence-corrected chi connectivity index (χ2v) is 7.18. The highest BCUT2D eigenvalue weighted by molar-refractivity contribution is 5.78. The average Bonchev–Trinajstić information content (AvgIpc) is 2.79. The van der Waals surface area contributed by atoms with E-state index < -0.39 is 0 Å². The van der Waals surface area contributed by atoms with Crippen LogP contribution in [0.5, 0.6) is 11.5 Å². The minimum Gasteiger partial charge on any atom is -0.486 e. The third-order valence-corrected chi connectivity index (χ3v) is 5.06. The monoisotopic (exact) mass is 403 g/mol. The molecule has 0 saturated heterocycles. The smallest absolute Gasteiger partial charge is 0.249 e. The van der Waals surface area contributed by atoms with Crippen molar-refractivity contribution in [2.45, 2.75) is 13.1 Å². The summed E-state index contributed by atoms with van der Waals surface area (Å²) in [5.74, 6) is 1.41. The number of benzene rings is 3. The Morgan fingerprint density at radius 2 is 1.63 bits per heavy atom. The molecule has 0 spiro atoms. The predicted molar refractivity (Wildman–Crippen MR) is 115 cm³/mol. The van der Waals surface area contributed by atoms with Gasteiger partial charge in [-0.25, -0.2) is 0 Å². The predicted octanol–water partition coefficient (Wildman–Crippen LogP) is 4.30. The molecule has 0 fully saturated rings. The number of methoxy groups -OCH3 is 1. The van der Waals surface area contributed by atoms with E-state index in [4.69, 9.17) is 14.2 Å². The Labute approximate surface area is 176 Å². The molecule has 0 bridgehead atoms. The maximum absolute atomic E-state index is 12.8. The van der Waals surface area contributed by atoms with Crippen LogP contribution >= 0.6 is 0 Å². The summed E-state index contributed by atoms with van der Waals surface area (Å²) >= 11 is 0. The van der Waals surface area contributed by atoms with Gasteiger partial charge in [0.1, 0.15) is 19.8 Å². The van der Waals surface area contributed by atoms with Gasteiger partial charge in [0.15, 0.2) is 11.5 Å². The van der Waals surface area contributed by atoms with Crippen LogP contribution in [0.15, 0.2) is 72.8 Å². The van der Waals surface area contributed by atoms with Gasteiger partial charge in [-0.15, -0.1) is 0 Å². The van der Waals surface area contributed by atoms with Gasteiger partial charge in [0, 0.05) is 20.2 Å². The summed E-state index contributed by atoms with van der Waals surface area (Å²) in [5.41, 5.74) is 4.33. The maximum Gasteiger partial charge on any atom is 0.249 e. The lowest BCUT2D eigenvalue weighted by Gasteiger charge is -2.25. The van der Waals surface area contributed by atoms with Crippen molar-refractivity contribution in [1.82, 2.24) is 4.90 Å². The SMILES string of the molecule is COCC(=O)N(Cc1ccc2c(c1)OCCO2)Cc1ccccc1-c1ccccc1. The van der Waals surface area contributed by atoms with Crippen LogP contribution in [0.25, 0.3) is 11.1 Å². The van der Waals surface area contributed by atoms with E-state index in [1.807, 2.05) is 53.4 Å². The van der Waals surface area contributed by atoms with Crippen LogP contribution in [-0.4, -0.2) is 37.7 Å². The third-order valence-electron chi connectivity index (χ3n) is 5.06. The Morgan fingerprint density at radius 3 is 2.43 bits per heavy atom. The van der Waals surface area contributed by atoms with Crippen molar-refractivity contribution >= 4 is 5.91 Å². The number of amides is 1.